The van der Waals surface area contributed by atoms with Gasteiger partial charge in [-0.1, -0.05) is 12.1 Å². The zero-order chi connectivity index (χ0) is 14.5. The molecule has 0 atom stereocenters. The van der Waals surface area contributed by atoms with Crippen molar-refractivity contribution in [2.75, 3.05) is 23.8 Å². The van der Waals surface area contributed by atoms with Crippen molar-refractivity contribution in [2.24, 2.45) is 0 Å². The van der Waals surface area contributed by atoms with E-state index in [1.807, 2.05) is 6.92 Å². The molecule has 5 heteroatoms. The third-order valence-electron chi connectivity index (χ3n) is 2.97. The molecule has 1 amide bonds. The van der Waals surface area contributed by atoms with Crippen molar-refractivity contribution >= 4 is 17.4 Å². The second-order valence-electron chi connectivity index (χ2n) is 4.18. The minimum atomic E-state index is -0.411. The number of carbonyl (C=O) groups excluding carboxylic acids is 1. The summed E-state index contributed by atoms with van der Waals surface area (Å²) in [7, 11) is 1.73. The summed E-state index contributed by atoms with van der Waals surface area (Å²) in [5, 5.41) is 2.87. The molecule has 0 fully saturated rings. The Morgan fingerprint density at radius 1 is 1.35 bits per heavy atom. The van der Waals surface area contributed by atoms with Gasteiger partial charge in [-0.05, 0) is 31.2 Å². The van der Waals surface area contributed by atoms with E-state index in [9.17, 15) is 9.18 Å². The van der Waals surface area contributed by atoms with E-state index in [4.69, 9.17) is 0 Å². The fourth-order valence-electron chi connectivity index (χ4n) is 1.95. The van der Waals surface area contributed by atoms with Crippen molar-refractivity contribution in [1.82, 2.24) is 4.98 Å². The third kappa shape index (κ3) is 2.77. The monoisotopic (exact) mass is 273 g/mol. The highest BCUT2D eigenvalue weighted by Gasteiger charge is 2.19. The molecule has 0 spiro atoms. The van der Waals surface area contributed by atoms with Crippen molar-refractivity contribution in [2.45, 2.75) is 6.92 Å². The van der Waals surface area contributed by atoms with Crippen LogP contribution < -0.4 is 10.2 Å². The Kier molecular flexibility index (Phi) is 4.30. The molecule has 1 aromatic heterocycles. The minimum absolute atomic E-state index is 0.253. The molecule has 0 aliphatic heterocycles. The van der Waals surface area contributed by atoms with Crippen LogP contribution in [0.4, 0.5) is 15.9 Å². The van der Waals surface area contributed by atoms with Gasteiger partial charge in [0.2, 0.25) is 0 Å². The number of amides is 1. The van der Waals surface area contributed by atoms with Crippen LogP contribution in [0.5, 0.6) is 0 Å². The second-order valence-corrected chi connectivity index (χ2v) is 4.18. The van der Waals surface area contributed by atoms with Crippen molar-refractivity contribution in [3.8, 4) is 0 Å². The molecule has 0 bridgehead atoms. The first-order valence-corrected chi connectivity index (χ1v) is 6.37. The van der Waals surface area contributed by atoms with Gasteiger partial charge in [-0.2, -0.15) is 0 Å². The lowest BCUT2D eigenvalue weighted by atomic mass is 10.2. The lowest BCUT2D eigenvalue weighted by Gasteiger charge is -2.21. The summed E-state index contributed by atoms with van der Waals surface area (Å²) in [4.78, 5) is 18.0. The average Bonchev–Trinajstić information content (AvgIpc) is 2.49. The highest BCUT2D eigenvalue weighted by molar-refractivity contribution is 6.06. The Hall–Kier alpha value is -2.43. The summed E-state index contributed by atoms with van der Waals surface area (Å²) >= 11 is 0. The Bertz CT molecular complexity index is 616. The summed E-state index contributed by atoms with van der Waals surface area (Å²) in [6.07, 6.45) is 1.55. The van der Waals surface area contributed by atoms with Crippen LogP contribution in [0.3, 0.4) is 0 Å². The molecule has 0 aliphatic rings. The Morgan fingerprint density at radius 2 is 2.10 bits per heavy atom. The topological polar surface area (TPSA) is 45.2 Å². The van der Waals surface area contributed by atoms with Crippen LogP contribution in [0.15, 0.2) is 42.6 Å². The van der Waals surface area contributed by atoms with E-state index in [1.165, 1.54) is 11.0 Å². The van der Waals surface area contributed by atoms with Crippen LogP contribution >= 0.6 is 0 Å². The molecular formula is C15H16FN3O. The predicted octanol–water partition coefficient (Wildman–Crippen LogP) is 2.93. The number of nitrogens with one attached hydrogen (secondary N) is 1. The van der Waals surface area contributed by atoms with E-state index in [0.29, 0.717) is 17.9 Å². The summed E-state index contributed by atoms with van der Waals surface area (Å²) in [5.74, 6) is -0.0671. The number of halogens is 1. The van der Waals surface area contributed by atoms with Gasteiger partial charge >= 0.3 is 0 Å². The van der Waals surface area contributed by atoms with Crippen molar-refractivity contribution in [3.05, 3.63) is 54.0 Å². The molecule has 2 rings (SSSR count). The van der Waals surface area contributed by atoms with Crippen LogP contribution in [-0.2, 0) is 0 Å². The molecule has 20 heavy (non-hydrogen) atoms. The smallest absolute Gasteiger partial charge is 0.258 e. The average molecular weight is 273 g/mol. The number of para-hydroxylation sites is 1. The van der Waals surface area contributed by atoms with Gasteiger partial charge in [0, 0.05) is 25.4 Å². The van der Waals surface area contributed by atoms with Gasteiger partial charge in [0.1, 0.15) is 11.6 Å². The van der Waals surface area contributed by atoms with Gasteiger partial charge in [-0.3, -0.25) is 4.79 Å². The highest BCUT2D eigenvalue weighted by Crippen LogP contribution is 2.21. The third-order valence-corrected chi connectivity index (χ3v) is 2.97. The van der Waals surface area contributed by atoms with E-state index in [1.54, 1.807) is 43.6 Å². The van der Waals surface area contributed by atoms with E-state index >= 15 is 0 Å². The van der Waals surface area contributed by atoms with Gasteiger partial charge in [0.15, 0.2) is 0 Å². The standard InChI is InChI=1S/C15H16FN3O/c1-3-19(13-7-5-4-6-12(13)16)15(20)11-8-9-18-14(10-11)17-2/h4-10H,3H2,1-2H3,(H,17,18). The van der Waals surface area contributed by atoms with Crippen molar-refractivity contribution < 1.29 is 9.18 Å². The fourth-order valence-corrected chi connectivity index (χ4v) is 1.95. The molecule has 1 N–H and O–H groups in total. The number of aromatic nitrogens is 1. The zero-order valence-electron chi connectivity index (χ0n) is 11.4. The van der Waals surface area contributed by atoms with E-state index in [0.717, 1.165) is 0 Å². The van der Waals surface area contributed by atoms with Crippen molar-refractivity contribution in [1.29, 1.82) is 0 Å². The molecule has 0 saturated carbocycles. The molecule has 0 radical (unpaired) electrons. The first-order chi connectivity index (χ1) is 9.67. The van der Waals surface area contributed by atoms with E-state index in [2.05, 4.69) is 10.3 Å². The summed E-state index contributed by atoms with van der Waals surface area (Å²) in [6, 6.07) is 9.51. The summed E-state index contributed by atoms with van der Waals surface area (Å²) in [6.45, 7) is 2.20. The molecule has 2 aromatic rings. The minimum Gasteiger partial charge on any atom is -0.373 e. The Balaban J connectivity index is 2.36. The SMILES string of the molecule is CCN(C(=O)c1ccnc(NC)c1)c1ccccc1F. The summed E-state index contributed by atoms with van der Waals surface area (Å²) in [5.41, 5.74) is 0.747. The Labute approximate surface area is 117 Å². The largest absolute Gasteiger partial charge is 0.373 e. The van der Waals surface area contributed by atoms with E-state index < -0.39 is 5.82 Å². The van der Waals surface area contributed by atoms with Gasteiger partial charge < -0.3 is 10.2 Å². The maximum absolute atomic E-state index is 13.8. The maximum atomic E-state index is 13.8. The quantitative estimate of drug-likeness (QED) is 0.931. The van der Waals surface area contributed by atoms with Gasteiger partial charge in [-0.25, -0.2) is 9.37 Å². The van der Waals surface area contributed by atoms with Crippen molar-refractivity contribution in [3.63, 3.8) is 0 Å². The number of nitrogens with zero attached hydrogens (tertiary/aromatic N) is 2. The number of anilines is 2. The second kappa shape index (κ2) is 6.14. The first kappa shape index (κ1) is 14.0. The number of pyridine rings is 1. The van der Waals surface area contributed by atoms with Crippen LogP contribution in [0.1, 0.15) is 17.3 Å². The molecule has 0 saturated heterocycles. The van der Waals surface area contributed by atoms with Crippen LogP contribution in [-0.4, -0.2) is 24.5 Å². The maximum Gasteiger partial charge on any atom is 0.258 e. The molecule has 104 valence electrons. The summed E-state index contributed by atoms with van der Waals surface area (Å²) < 4.78 is 13.8. The molecule has 1 aromatic carbocycles. The molecule has 0 unspecified atom stereocenters. The van der Waals surface area contributed by atoms with E-state index in [-0.39, 0.29) is 11.6 Å². The number of hydrogen-bond acceptors (Lipinski definition) is 3. The molecule has 0 aliphatic carbocycles. The fraction of sp³-hybridized carbons (Fsp3) is 0.200. The normalized spacial score (nSPS) is 10.2. The molecular weight excluding hydrogens is 257 g/mol. The number of rotatable bonds is 4. The Morgan fingerprint density at radius 3 is 2.75 bits per heavy atom. The predicted molar refractivity (Wildman–Crippen MR) is 77.5 cm³/mol. The van der Waals surface area contributed by atoms with Gasteiger partial charge in [0.25, 0.3) is 5.91 Å². The van der Waals surface area contributed by atoms with Crippen LogP contribution in [0.2, 0.25) is 0 Å². The lowest BCUT2D eigenvalue weighted by molar-refractivity contribution is 0.0987. The van der Waals surface area contributed by atoms with Crippen LogP contribution in [0.25, 0.3) is 0 Å². The van der Waals surface area contributed by atoms with Crippen LogP contribution in [0, 0.1) is 5.82 Å². The number of benzene rings is 1. The first-order valence-electron chi connectivity index (χ1n) is 6.37. The lowest BCUT2D eigenvalue weighted by Crippen LogP contribution is -2.31. The van der Waals surface area contributed by atoms with Gasteiger partial charge in [0.05, 0.1) is 5.69 Å². The van der Waals surface area contributed by atoms with Gasteiger partial charge in [-0.15, -0.1) is 0 Å². The number of carbonyl (C=O) groups is 1. The zero-order valence-corrected chi connectivity index (χ0v) is 11.4. The molecule has 4 nitrogen and oxygen atoms in total. The number of hydrogen-bond donors (Lipinski definition) is 1. The molecule has 1 heterocycles. The highest BCUT2D eigenvalue weighted by atomic mass is 19.1.